The number of hydrogen-bond acceptors (Lipinski definition) is 4. The van der Waals surface area contributed by atoms with Crippen LogP contribution >= 0.6 is 0 Å². The molecule has 1 amide bonds. The molecule has 0 saturated carbocycles. The number of carbonyl (C=O) groups is 1. The summed E-state index contributed by atoms with van der Waals surface area (Å²) in [6, 6.07) is 17.2. The fourth-order valence-corrected chi connectivity index (χ4v) is 3.26. The molecule has 0 spiro atoms. The topological polar surface area (TPSA) is 71.1 Å². The van der Waals surface area contributed by atoms with Gasteiger partial charge in [-0.05, 0) is 36.2 Å². The summed E-state index contributed by atoms with van der Waals surface area (Å²) in [6.45, 7) is 4.43. The third kappa shape index (κ3) is 3.38. The van der Waals surface area contributed by atoms with Gasteiger partial charge < -0.3 is 9.80 Å². The monoisotopic (exact) mass is 344 g/mol. The second-order valence-corrected chi connectivity index (χ2v) is 6.26. The van der Waals surface area contributed by atoms with E-state index in [9.17, 15) is 15.3 Å². The molecule has 5 heteroatoms. The first-order valence-corrected chi connectivity index (χ1v) is 8.74. The molecule has 0 bridgehead atoms. The van der Waals surface area contributed by atoms with Gasteiger partial charge >= 0.3 is 0 Å². The van der Waals surface area contributed by atoms with Crippen molar-refractivity contribution in [3.63, 3.8) is 0 Å². The van der Waals surface area contributed by atoms with Crippen LogP contribution < -0.4 is 4.90 Å². The van der Waals surface area contributed by atoms with Crippen LogP contribution in [-0.2, 0) is 6.42 Å². The van der Waals surface area contributed by atoms with Gasteiger partial charge in [-0.2, -0.15) is 10.5 Å². The summed E-state index contributed by atoms with van der Waals surface area (Å²) in [5.41, 5.74) is 3.59. The number of carbonyl (C=O) groups excluding carboxylic acids is 1. The predicted molar refractivity (Wildman–Crippen MR) is 99.8 cm³/mol. The zero-order chi connectivity index (χ0) is 18.5. The molecule has 1 heterocycles. The van der Waals surface area contributed by atoms with Crippen molar-refractivity contribution in [1.29, 1.82) is 10.5 Å². The van der Waals surface area contributed by atoms with Crippen LogP contribution in [0.5, 0.6) is 0 Å². The first-order chi connectivity index (χ1) is 12.7. The summed E-state index contributed by atoms with van der Waals surface area (Å²) in [5, 5.41) is 18.7. The molecule has 0 aromatic heterocycles. The molecular formula is C21H20N4O. The first kappa shape index (κ1) is 17.5. The van der Waals surface area contributed by atoms with Crippen molar-refractivity contribution in [2.45, 2.75) is 13.3 Å². The van der Waals surface area contributed by atoms with Crippen molar-refractivity contribution >= 4 is 11.6 Å². The Balaban J connectivity index is 1.73. The zero-order valence-electron chi connectivity index (χ0n) is 14.8. The van der Waals surface area contributed by atoms with Crippen molar-refractivity contribution in [3.05, 3.63) is 64.7 Å². The lowest BCUT2D eigenvalue weighted by molar-refractivity contribution is 0.0747. The summed E-state index contributed by atoms with van der Waals surface area (Å²) in [5.74, 6) is 0.0291. The lowest BCUT2D eigenvalue weighted by atomic mass is 10.1. The molecule has 2 aromatic carbocycles. The van der Waals surface area contributed by atoms with Gasteiger partial charge in [0.05, 0.1) is 16.8 Å². The highest BCUT2D eigenvalue weighted by atomic mass is 16.2. The number of aryl methyl sites for hydroxylation is 1. The molecule has 0 radical (unpaired) electrons. The molecule has 0 aliphatic carbocycles. The van der Waals surface area contributed by atoms with E-state index >= 15 is 0 Å². The predicted octanol–water partition coefficient (Wildman–Crippen LogP) is 2.95. The van der Waals surface area contributed by atoms with Gasteiger partial charge in [-0.3, -0.25) is 4.79 Å². The van der Waals surface area contributed by atoms with Gasteiger partial charge in [0.1, 0.15) is 12.1 Å². The Morgan fingerprint density at radius 1 is 0.962 bits per heavy atom. The number of rotatable bonds is 3. The van der Waals surface area contributed by atoms with E-state index in [-0.39, 0.29) is 5.91 Å². The van der Waals surface area contributed by atoms with Gasteiger partial charge in [0.2, 0.25) is 0 Å². The number of para-hydroxylation sites is 1. The number of anilines is 1. The minimum absolute atomic E-state index is 0.0291. The fourth-order valence-electron chi connectivity index (χ4n) is 3.26. The molecule has 130 valence electrons. The van der Waals surface area contributed by atoms with E-state index in [2.05, 4.69) is 19.1 Å². The maximum atomic E-state index is 12.7. The molecule has 0 atom stereocenters. The Kier molecular flexibility index (Phi) is 5.20. The molecule has 26 heavy (non-hydrogen) atoms. The normalized spacial score (nSPS) is 13.8. The number of hydrogen-bond donors (Lipinski definition) is 0. The minimum atomic E-state index is 0.0291. The Morgan fingerprint density at radius 3 is 2.04 bits per heavy atom. The lowest BCUT2D eigenvalue weighted by Gasteiger charge is -2.36. The van der Waals surface area contributed by atoms with E-state index in [0.29, 0.717) is 48.6 Å². The van der Waals surface area contributed by atoms with Crippen molar-refractivity contribution in [1.82, 2.24) is 4.90 Å². The van der Waals surface area contributed by atoms with Gasteiger partial charge in [-0.15, -0.1) is 0 Å². The average molecular weight is 344 g/mol. The van der Waals surface area contributed by atoms with Crippen LogP contribution in [0.15, 0.2) is 42.5 Å². The first-order valence-electron chi connectivity index (χ1n) is 8.74. The Bertz CT molecular complexity index is 849. The second-order valence-electron chi connectivity index (χ2n) is 6.26. The Hall–Kier alpha value is -3.31. The van der Waals surface area contributed by atoms with Crippen LogP contribution in [-0.4, -0.2) is 37.0 Å². The third-order valence-corrected chi connectivity index (χ3v) is 4.77. The molecule has 5 nitrogen and oxygen atoms in total. The maximum absolute atomic E-state index is 12.7. The van der Waals surface area contributed by atoms with Crippen LogP contribution in [0.1, 0.15) is 34.0 Å². The average Bonchev–Trinajstić information content (AvgIpc) is 2.72. The van der Waals surface area contributed by atoms with E-state index in [1.807, 2.05) is 34.1 Å². The van der Waals surface area contributed by atoms with Crippen LogP contribution in [0, 0.1) is 22.7 Å². The summed E-state index contributed by atoms with van der Waals surface area (Å²) >= 11 is 0. The van der Waals surface area contributed by atoms with Gasteiger partial charge in [-0.25, -0.2) is 0 Å². The van der Waals surface area contributed by atoms with Gasteiger partial charge in [0.15, 0.2) is 0 Å². The second kappa shape index (κ2) is 7.72. The molecule has 3 rings (SSSR count). The van der Waals surface area contributed by atoms with Crippen LogP contribution in [0.4, 0.5) is 5.69 Å². The van der Waals surface area contributed by atoms with E-state index < -0.39 is 0 Å². The van der Waals surface area contributed by atoms with Gasteiger partial charge in [0.25, 0.3) is 5.91 Å². The largest absolute Gasteiger partial charge is 0.366 e. The molecule has 2 aromatic rings. The van der Waals surface area contributed by atoms with Gasteiger partial charge in [-0.1, -0.05) is 25.1 Å². The lowest BCUT2D eigenvalue weighted by Crippen LogP contribution is -2.49. The summed E-state index contributed by atoms with van der Waals surface area (Å²) < 4.78 is 0. The van der Waals surface area contributed by atoms with Crippen molar-refractivity contribution in [2.75, 3.05) is 31.1 Å². The highest BCUT2D eigenvalue weighted by Crippen LogP contribution is 2.26. The Morgan fingerprint density at radius 2 is 1.54 bits per heavy atom. The van der Waals surface area contributed by atoms with Crippen LogP contribution in [0.3, 0.4) is 0 Å². The summed E-state index contributed by atoms with van der Waals surface area (Å²) in [6.07, 6.45) is 0.951. The van der Waals surface area contributed by atoms with Gasteiger partial charge in [0, 0.05) is 31.7 Å². The molecule has 1 aliphatic heterocycles. The maximum Gasteiger partial charge on any atom is 0.253 e. The standard InChI is InChI=1S/C21H20N4O/c1-2-16-6-8-17(9-7-16)21(26)25-12-10-24(11-13-25)20-18(14-22)4-3-5-19(20)15-23/h3-9H,2,10-13H2,1H3. The SMILES string of the molecule is CCc1ccc(C(=O)N2CCN(c3c(C#N)cccc3C#N)CC2)cc1. The molecule has 1 saturated heterocycles. The summed E-state index contributed by atoms with van der Waals surface area (Å²) in [7, 11) is 0. The number of piperazine rings is 1. The molecule has 1 fully saturated rings. The van der Waals surface area contributed by atoms with E-state index in [0.717, 1.165) is 6.42 Å². The zero-order valence-corrected chi connectivity index (χ0v) is 14.8. The fraction of sp³-hybridized carbons (Fsp3) is 0.286. The van der Waals surface area contributed by atoms with Crippen LogP contribution in [0.2, 0.25) is 0 Å². The molecular weight excluding hydrogens is 324 g/mol. The van der Waals surface area contributed by atoms with E-state index in [1.165, 1.54) is 5.56 Å². The smallest absolute Gasteiger partial charge is 0.253 e. The quantitative estimate of drug-likeness (QED) is 0.858. The number of nitrogens with zero attached hydrogens (tertiary/aromatic N) is 4. The van der Waals surface area contributed by atoms with Crippen LogP contribution in [0.25, 0.3) is 0 Å². The highest BCUT2D eigenvalue weighted by Gasteiger charge is 2.25. The van der Waals surface area contributed by atoms with Crippen molar-refractivity contribution in [3.8, 4) is 12.1 Å². The highest BCUT2D eigenvalue weighted by molar-refractivity contribution is 5.94. The Labute approximate surface area is 153 Å². The number of amides is 1. The third-order valence-electron chi connectivity index (χ3n) is 4.77. The number of nitriles is 2. The van der Waals surface area contributed by atoms with E-state index in [4.69, 9.17) is 0 Å². The molecule has 1 aliphatic rings. The molecule has 0 unspecified atom stereocenters. The summed E-state index contributed by atoms with van der Waals surface area (Å²) in [4.78, 5) is 16.6. The van der Waals surface area contributed by atoms with E-state index in [1.54, 1.807) is 18.2 Å². The number of benzene rings is 2. The van der Waals surface area contributed by atoms with Crippen molar-refractivity contribution in [2.24, 2.45) is 0 Å². The molecule has 0 N–H and O–H groups in total. The minimum Gasteiger partial charge on any atom is -0.366 e. The van der Waals surface area contributed by atoms with Crippen molar-refractivity contribution < 1.29 is 4.79 Å².